The van der Waals surface area contributed by atoms with Crippen molar-refractivity contribution in [2.75, 3.05) is 0 Å². The molecule has 1 rings (SSSR count). The van der Waals surface area contributed by atoms with Crippen LogP contribution in [0.4, 0.5) is 13.2 Å². The molecule has 1 aromatic rings. The molecule has 0 fully saturated rings. The van der Waals surface area contributed by atoms with Gasteiger partial charge in [-0.25, -0.2) is 0 Å². The third-order valence-electron chi connectivity index (χ3n) is 2.63. The van der Waals surface area contributed by atoms with E-state index in [1.54, 1.807) is 11.3 Å². The molecular weight excluding hydrogens is 249 g/mol. The largest absolute Gasteiger partial charge is 0.389 e. The van der Waals surface area contributed by atoms with Gasteiger partial charge in [0.15, 0.2) is 0 Å². The molecule has 1 atom stereocenters. The van der Waals surface area contributed by atoms with E-state index in [9.17, 15) is 13.2 Å². The predicted molar refractivity (Wildman–Crippen MR) is 63.7 cm³/mol. The highest BCUT2D eigenvalue weighted by molar-refractivity contribution is 7.10. The van der Waals surface area contributed by atoms with Crippen molar-refractivity contribution in [1.29, 1.82) is 0 Å². The van der Waals surface area contributed by atoms with Gasteiger partial charge in [0.25, 0.3) is 0 Å². The first kappa shape index (κ1) is 14.5. The van der Waals surface area contributed by atoms with Crippen LogP contribution < -0.4 is 11.3 Å². The molecule has 0 radical (unpaired) electrons. The quantitative estimate of drug-likeness (QED) is 0.610. The van der Waals surface area contributed by atoms with Crippen molar-refractivity contribution >= 4 is 11.3 Å². The summed E-state index contributed by atoms with van der Waals surface area (Å²) in [6.45, 7) is 2.02. The van der Waals surface area contributed by atoms with Gasteiger partial charge in [0, 0.05) is 11.3 Å². The topological polar surface area (TPSA) is 38.0 Å². The number of hydrazine groups is 1. The summed E-state index contributed by atoms with van der Waals surface area (Å²) < 4.78 is 36.1. The van der Waals surface area contributed by atoms with Crippen molar-refractivity contribution in [2.24, 2.45) is 5.84 Å². The van der Waals surface area contributed by atoms with Crippen LogP contribution >= 0.6 is 11.3 Å². The highest BCUT2D eigenvalue weighted by Crippen LogP contribution is 2.30. The highest BCUT2D eigenvalue weighted by atomic mass is 32.1. The fraction of sp³-hybridized carbons (Fsp3) is 0.636. The van der Waals surface area contributed by atoms with E-state index in [-0.39, 0.29) is 12.5 Å². The minimum absolute atomic E-state index is 0.0966. The van der Waals surface area contributed by atoms with E-state index in [2.05, 4.69) is 5.43 Å². The van der Waals surface area contributed by atoms with Gasteiger partial charge in [0.05, 0.1) is 6.04 Å². The Kier molecular flexibility index (Phi) is 5.42. The van der Waals surface area contributed by atoms with Crippen molar-refractivity contribution in [3.63, 3.8) is 0 Å². The summed E-state index contributed by atoms with van der Waals surface area (Å²) in [6, 6.07) is 1.82. The number of hydrogen-bond donors (Lipinski definition) is 2. The first-order chi connectivity index (χ1) is 7.98. The number of halogens is 3. The molecule has 0 aromatic carbocycles. The van der Waals surface area contributed by atoms with E-state index in [1.807, 2.05) is 18.4 Å². The van der Waals surface area contributed by atoms with Crippen LogP contribution in [-0.4, -0.2) is 6.18 Å². The molecule has 0 spiro atoms. The lowest BCUT2D eigenvalue weighted by atomic mass is 10.0. The number of nitrogens with two attached hydrogens (primary N) is 1. The normalized spacial score (nSPS) is 13.9. The molecule has 0 aliphatic rings. The van der Waals surface area contributed by atoms with E-state index in [4.69, 9.17) is 5.84 Å². The Hall–Kier alpha value is -0.590. The van der Waals surface area contributed by atoms with Crippen LogP contribution in [0.1, 0.15) is 42.7 Å². The average Bonchev–Trinajstić information content (AvgIpc) is 2.70. The molecule has 1 aromatic heterocycles. The monoisotopic (exact) mass is 266 g/mol. The molecule has 98 valence electrons. The summed E-state index contributed by atoms with van der Waals surface area (Å²) in [5.74, 6) is 5.41. The third-order valence-corrected chi connectivity index (χ3v) is 3.71. The molecule has 3 N–H and O–H groups in total. The van der Waals surface area contributed by atoms with Crippen LogP contribution in [0.2, 0.25) is 0 Å². The minimum atomic E-state index is -4.08. The van der Waals surface area contributed by atoms with Gasteiger partial charge in [0.1, 0.15) is 0 Å². The summed E-state index contributed by atoms with van der Waals surface area (Å²) in [5, 5.41) is 1.95. The third kappa shape index (κ3) is 4.65. The number of alkyl halides is 3. The van der Waals surface area contributed by atoms with E-state index in [1.165, 1.54) is 0 Å². The Bertz CT molecular complexity index is 336. The maximum Gasteiger partial charge on any atom is 0.389 e. The lowest BCUT2D eigenvalue weighted by molar-refractivity contribution is -0.135. The van der Waals surface area contributed by atoms with Crippen molar-refractivity contribution in [3.05, 3.63) is 21.9 Å². The fourth-order valence-electron chi connectivity index (χ4n) is 1.74. The van der Waals surface area contributed by atoms with Crippen LogP contribution in [0.15, 0.2) is 11.4 Å². The molecule has 1 unspecified atom stereocenters. The van der Waals surface area contributed by atoms with Gasteiger partial charge >= 0.3 is 6.18 Å². The minimum Gasteiger partial charge on any atom is -0.271 e. The standard InChI is InChI=1S/C11H17F3N2S/c1-2-8-5-7-17-10(8)9(16-15)4-3-6-11(12,13)14/h5,7,9,16H,2-4,6,15H2,1H3. The van der Waals surface area contributed by atoms with Crippen molar-refractivity contribution in [2.45, 2.75) is 44.8 Å². The summed E-state index contributed by atoms with van der Waals surface area (Å²) in [6.07, 6.45) is -3.46. The molecule has 0 aliphatic heterocycles. The second-order valence-electron chi connectivity index (χ2n) is 3.89. The zero-order valence-electron chi connectivity index (χ0n) is 9.68. The van der Waals surface area contributed by atoms with Crippen molar-refractivity contribution < 1.29 is 13.2 Å². The second-order valence-corrected chi connectivity index (χ2v) is 4.84. The molecule has 0 amide bonds. The van der Waals surface area contributed by atoms with Gasteiger partial charge < -0.3 is 0 Å². The number of hydrogen-bond acceptors (Lipinski definition) is 3. The molecule has 6 heteroatoms. The van der Waals surface area contributed by atoms with E-state index in [0.29, 0.717) is 6.42 Å². The first-order valence-electron chi connectivity index (χ1n) is 5.57. The Morgan fingerprint density at radius 2 is 2.18 bits per heavy atom. The SMILES string of the molecule is CCc1ccsc1C(CCCC(F)(F)F)NN. The summed E-state index contributed by atoms with van der Waals surface area (Å²) >= 11 is 1.54. The van der Waals surface area contributed by atoms with E-state index < -0.39 is 12.6 Å². The molecular formula is C11H17F3N2S. The van der Waals surface area contributed by atoms with Crippen LogP contribution in [0.5, 0.6) is 0 Å². The summed E-state index contributed by atoms with van der Waals surface area (Å²) in [5.41, 5.74) is 3.77. The number of nitrogens with one attached hydrogen (secondary N) is 1. The van der Waals surface area contributed by atoms with Crippen LogP contribution in [0, 0.1) is 0 Å². The zero-order chi connectivity index (χ0) is 12.9. The highest BCUT2D eigenvalue weighted by Gasteiger charge is 2.27. The molecule has 1 heterocycles. The van der Waals surface area contributed by atoms with Gasteiger partial charge in [-0.15, -0.1) is 11.3 Å². The van der Waals surface area contributed by atoms with Crippen LogP contribution in [0.25, 0.3) is 0 Å². The lowest BCUT2D eigenvalue weighted by Crippen LogP contribution is -2.28. The van der Waals surface area contributed by atoms with Crippen LogP contribution in [0.3, 0.4) is 0 Å². The molecule has 17 heavy (non-hydrogen) atoms. The van der Waals surface area contributed by atoms with Gasteiger partial charge in [-0.2, -0.15) is 13.2 Å². The first-order valence-corrected chi connectivity index (χ1v) is 6.45. The maximum atomic E-state index is 12.0. The second kappa shape index (κ2) is 6.37. The number of rotatable bonds is 6. The Morgan fingerprint density at radius 3 is 2.71 bits per heavy atom. The van der Waals surface area contributed by atoms with Gasteiger partial charge in [0.2, 0.25) is 0 Å². The van der Waals surface area contributed by atoms with Crippen molar-refractivity contribution in [1.82, 2.24) is 5.43 Å². The van der Waals surface area contributed by atoms with Crippen LogP contribution in [-0.2, 0) is 6.42 Å². The maximum absolute atomic E-state index is 12.0. The number of thiophene rings is 1. The molecule has 0 aliphatic carbocycles. The Labute approximate surface area is 103 Å². The lowest BCUT2D eigenvalue weighted by Gasteiger charge is -2.16. The summed E-state index contributed by atoms with van der Waals surface area (Å²) in [7, 11) is 0. The molecule has 2 nitrogen and oxygen atoms in total. The predicted octanol–water partition coefficient (Wildman–Crippen LogP) is 3.55. The van der Waals surface area contributed by atoms with E-state index in [0.717, 1.165) is 16.9 Å². The fourth-order valence-corrected chi connectivity index (χ4v) is 2.83. The molecule has 0 saturated carbocycles. The zero-order valence-corrected chi connectivity index (χ0v) is 10.5. The summed E-state index contributed by atoms with van der Waals surface area (Å²) in [4.78, 5) is 1.05. The smallest absolute Gasteiger partial charge is 0.271 e. The van der Waals surface area contributed by atoms with E-state index >= 15 is 0 Å². The molecule has 0 saturated heterocycles. The van der Waals surface area contributed by atoms with Gasteiger partial charge in [-0.05, 0) is 36.3 Å². The Balaban J connectivity index is 2.54. The molecule has 0 bridgehead atoms. The average molecular weight is 266 g/mol. The Morgan fingerprint density at radius 1 is 1.47 bits per heavy atom. The van der Waals surface area contributed by atoms with Crippen molar-refractivity contribution in [3.8, 4) is 0 Å². The van der Waals surface area contributed by atoms with Gasteiger partial charge in [-0.3, -0.25) is 11.3 Å². The number of aryl methyl sites for hydroxylation is 1. The van der Waals surface area contributed by atoms with Gasteiger partial charge in [-0.1, -0.05) is 6.92 Å².